The summed E-state index contributed by atoms with van der Waals surface area (Å²) in [5.74, 6) is 1.63. The molecule has 0 amide bonds. The molecule has 0 radical (unpaired) electrons. The molecule has 3 aromatic rings. The molecule has 7 rings (SSSR count). The first-order valence-corrected chi connectivity index (χ1v) is 14.2. The van der Waals surface area contributed by atoms with E-state index >= 15 is 0 Å². The van der Waals surface area contributed by atoms with Gasteiger partial charge in [0.2, 0.25) is 0 Å². The van der Waals surface area contributed by atoms with Crippen molar-refractivity contribution >= 4 is 28.7 Å². The van der Waals surface area contributed by atoms with Crippen molar-refractivity contribution in [3.8, 4) is 11.5 Å². The zero-order chi connectivity index (χ0) is 25.6. The SMILES string of the molecule is Cc1ccc(/C=C2\CCCC3=C2N=C2SC=C(c4ccc5c(c4)OCCO5)N2[C@@H]3c2ccc(C)cc2)cc1. The molecule has 1 atom stereocenters. The number of hydrogen-bond donors (Lipinski definition) is 0. The van der Waals surface area contributed by atoms with Gasteiger partial charge in [0.15, 0.2) is 16.7 Å². The molecule has 1 aliphatic carbocycles. The second kappa shape index (κ2) is 9.55. The van der Waals surface area contributed by atoms with Crippen LogP contribution >= 0.6 is 11.8 Å². The Hall–Kier alpha value is -3.70. The molecule has 38 heavy (non-hydrogen) atoms. The highest BCUT2D eigenvalue weighted by atomic mass is 32.2. The van der Waals surface area contributed by atoms with Crippen molar-refractivity contribution in [1.29, 1.82) is 0 Å². The Labute approximate surface area is 228 Å². The number of ether oxygens (including phenoxy) is 2. The van der Waals surface area contributed by atoms with Crippen LogP contribution in [0.1, 0.15) is 53.1 Å². The molecule has 4 nitrogen and oxygen atoms in total. The summed E-state index contributed by atoms with van der Waals surface area (Å²) in [6.45, 7) is 5.46. The van der Waals surface area contributed by atoms with Crippen molar-refractivity contribution < 1.29 is 9.47 Å². The molecule has 3 aliphatic heterocycles. The van der Waals surface area contributed by atoms with Crippen LogP contribution in [0.15, 0.2) is 94.0 Å². The van der Waals surface area contributed by atoms with E-state index < -0.39 is 0 Å². The van der Waals surface area contributed by atoms with Gasteiger partial charge in [-0.2, -0.15) is 0 Å². The number of benzene rings is 3. The fourth-order valence-corrected chi connectivity index (χ4v) is 6.67. The summed E-state index contributed by atoms with van der Waals surface area (Å²) in [6.07, 6.45) is 5.57. The Morgan fingerprint density at radius 1 is 0.868 bits per heavy atom. The van der Waals surface area contributed by atoms with E-state index in [4.69, 9.17) is 14.5 Å². The molecular weight excluding hydrogens is 488 g/mol. The van der Waals surface area contributed by atoms with Gasteiger partial charge in [0, 0.05) is 11.0 Å². The van der Waals surface area contributed by atoms with Gasteiger partial charge >= 0.3 is 0 Å². The molecule has 0 saturated heterocycles. The Morgan fingerprint density at radius 2 is 1.61 bits per heavy atom. The Bertz CT molecular complexity index is 1530. The first-order valence-electron chi connectivity index (χ1n) is 13.4. The van der Waals surface area contributed by atoms with Crippen LogP contribution in [0.5, 0.6) is 11.5 Å². The summed E-state index contributed by atoms with van der Waals surface area (Å²) in [5.41, 5.74) is 11.3. The molecule has 5 heteroatoms. The molecule has 3 aromatic carbocycles. The van der Waals surface area contributed by atoms with Crippen LogP contribution in [0.2, 0.25) is 0 Å². The Balaban J connectivity index is 1.34. The minimum absolute atomic E-state index is 0.106. The average Bonchev–Trinajstić information content (AvgIpc) is 3.37. The van der Waals surface area contributed by atoms with Crippen LogP contribution in [0.25, 0.3) is 11.8 Å². The lowest BCUT2D eigenvalue weighted by molar-refractivity contribution is 0.171. The molecule has 0 spiro atoms. The summed E-state index contributed by atoms with van der Waals surface area (Å²) in [6, 6.07) is 24.2. The van der Waals surface area contributed by atoms with Gasteiger partial charge in [-0.05, 0) is 79.7 Å². The number of aryl methyl sites for hydroxylation is 2. The van der Waals surface area contributed by atoms with E-state index in [0.29, 0.717) is 13.2 Å². The highest BCUT2D eigenvalue weighted by molar-refractivity contribution is 8.16. The smallest absolute Gasteiger partial charge is 0.174 e. The number of fused-ring (bicyclic) bond motifs is 2. The number of allylic oxidation sites excluding steroid dienone is 1. The molecular formula is C33H30N2O2S. The maximum absolute atomic E-state index is 5.92. The van der Waals surface area contributed by atoms with E-state index in [-0.39, 0.29) is 6.04 Å². The molecule has 0 fully saturated rings. The van der Waals surface area contributed by atoms with Gasteiger partial charge in [-0.25, -0.2) is 4.99 Å². The van der Waals surface area contributed by atoms with Gasteiger partial charge in [-0.3, -0.25) is 0 Å². The van der Waals surface area contributed by atoms with Crippen LogP contribution in [0, 0.1) is 13.8 Å². The lowest BCUT2D eigenvalue weighted by Crippen LogP contribution is -2.34. The van der Waals surface area contributed by atoms with E-state index in [1.165, 1.54) is 39.1 Å². The molecule has 0 aromatic heterocycles. The maximum atomic E-state index is 5.92. The fourth-order valence-electron chi connectivity index (χ4n) is 5.74. The standard InChI is InChI=1S/C33H30N2O2S/c1-21-6-10-23(11-7-21)18-26-4-3-5-27-31(26)34-33-35(32(27)24-12-8-22(2)9-13-24)28(20-38-33)25-14-15-29-30(19-25)37-17-16-36-29/h6-15,18-20,32H,3-5,16-17H2,1-2H3/b26-18+/t32-/m1/s1. The molecule has 0 saturated carbocycles. The summed E-state index contributed by atoms with van der Waals surface area (Å²) in [4.78, 5) is 7.77. The highest BCUT2D eigenvalue weighted by Crippen LogP contribution is 2.51. The Morgan fingerprint density at radius 3 is 2.39 bits per heavy atom. The third-order valence-electron chi connectivity index (χ3n) is 7.69. The van der Waals surface area contributed by atoms with E-state index in [0.717, 1.165) is 47.2 Å². The number of hydrogen-bond acceptors (Lipinski definition) is 5. The Kier molecular flexibility index (Phi) is 5.89. The fraction of sp³-hybridized carbons (Fsp3) is 0.242. The third kappa shape index (κ3) is 4.15. The monoisotopic (exact) mass is 518 g/mol. The first-order chi connectivity index (χ1) is 18.6. The van der Waals surface area contributed by atoms with E-state index in [1.807, 2.05) is 6.07 Å². The molecule has 0 bridgehead atoms. The molecule has 3 heterocycles. The minimum atomic E-state index is 0.106. The third-order valence-corrected chi connectivity index (χ3v) is 8.53. The van der Waals surface area contributed by atoms with Crippen LogP contribution in [-0.2, 0) is 0 Å². The minimum Gasteiger partial charge on any atom is -0.486 e. The van der Waals surface area contributed by atoms with Gasteiger partial charge in [-0.1, -0.05) is 71.4 Å². The number of aliphatic imine (C=N–C) groups is 1. The van der Waals surface area contributed by atoms with Gasteiger partial charge in [0.1, 0.15) is 13.2 Å². The summed E-state index contributed by atoms with van der Waals surface area (Å²) >= 11 is 1.71. The predicted octanol–water partition coefficient (Wildman–Crippen LogP) is 8.05. The van der Waals surface area contributed by atoms with Crippen molar-refractivity contribution in [2.75, 3.05) is 13.2 Å². The molecule has 0 unspecified atom stereocenters. The van der Waals surface area contributed by atoms with Gasteiger partial charge < -0.3 is 14.4 Å². The van der Waals surface area contributed by atoms with Crippen molar-refractivity contribution in [2.24, 2.45) is 4.99 Å². The van der Waals surface area contributed by atoms with Crippen LogP contribution in [0.3, 0.4) is 0 Å². The topological polar surface area (TPSA) is 34.1 Å². The number of rotatable bonds is 3. The zero-order valence-electron chi connectivity index (χ0n) is 21.7. The lowest BCUT2D eigenvalue weighted by Gasteiger charge is -2.40. The summed E-state index contributed by atoms with van der Waals surface area (Å²) in [7, 11) is 0. The van der Waals surface area contributed by atoms with E-state index in [9.17, 15) is 0 Å². The number of nitrogens with zero attached hydrogens (tertiary/aromatic N) is 2. The zero-order valence-corrected chi connectivity index (χ0v) is 22.6. The van der Waals surface area contributed by atoms with Crippen LogP contribution in [-0.4, -0.2) is 23.3 Å². The van der Waals surface area contributed by atoms with Crippen molar-refractivity contribution in [1.82, 2.24) is 4.90 Å². The largest absolute Gasteiger partial charge is 0.486 e. The summed E-state index contributed by atoms with van der Waals surface area (Å²) < 4.78 is 11.7. The normalized spacial score (nSPS) is 21.2. The first kappa shape index (κ1) is 23.4. The van der Waals surface area contributed by atoms with Crippen molar-refractivity contribution in [3.63, 3.8) is 0 Å². The molecule has 4 aliphatic rings. The van der Waals surface area contributed by atoms with Gasteiger partial charge in [0.05, 0.1) is 17.4 Å². The summed E-state index contributed by atoms with van der Waals surface area (Å²) in [5, 5.41) is 3.28. The lowest BCUT2D eigenvalue weighted by atomic mass is 9.82. The quantitative estimate of drug-likeness (QED) is 0.351. The second-order valence-corrected chi connectivity index (χ2v) is 11.2. The average molecular weight is 519 g/mol. The molecule has 0 N–H and O–H groups in total. The number of thioether (sulfide) groups is 1. The maximum Gasteiger partial charge on any atom is 0.174 e. The van der Waals surface area contributed by atoms with Crippen LogP contribution in [0.4, 0.5) is 0 Å². The highest BCUT2D eigenvalue weighted by Gasteiger charge is 2.40. The van der Waals surface area contributed by atoms with Crippen LogP contribution < -0.4 is 9.47 Å². The van der Waals surface area contributed by atoms with Gasteiger partial charge in [0.25, 0.3) is 0 Å². The predicted molar refractivity (Wildman–Crippen MR) is 156 cm³/mol. The number of amidine groups is 1. The van der Waals surface area contributed by atoms with E-state index in [1.54, 1.807) is 11.8 Å². The molecule has 190 valence electrons. The van der Waals surface area contributed by atoms with Crippen molar-refractivity contribution in [2.45, 2.75) is 39.2 Å². The second-order valence-electron chi connectivity index (χ2n) is 10.4. The van der Waals surface area contributed by atoms with Crippen molar-refractivity contribution in [3.05, 3.63) is 117 Å². The van der Waals surface area contributed by atoms with E-state index in [2.05, 4.69) is 90.9 Å². The van der Waals surface area contributed by atoms with Gasteiger partial charge in [-0.15, -0.1) is 0 Å².